The molecule has 0 atom stereocenters. The molecule has 1 heterocycles. The van der Waals surface area contributed by atoms with Crippen molar-refractivity contribution in [1.29, 1.82) is 0 Å². The van der Waals surface area contributed by atoms with Crippen molar-refractivity contribution in [2.45, 2.75) is 40.0 Å². The fourth-order valence-electron chi connectivity index (χ4n) is 2.22. The quantitative estimate of drug-likeness (QED) is 0.716. The Bertz CT molecular complexity index is 396. The summed E-state index contributed by atoms with van der Waals surface area (Å²) in [5.41, 5.74) is 5.48. The summed E-state index contributed by atoms with van der Waals surface area (Å²) < 4.78 is 0. The summed E-state index contributed by atoms with van der Waals surface area (Å²) in [5.74, 6) is 0.0752. The molecule has 5 nitrogen and oxygen atoms in total. The fourth-order valence-corrected chi connectivity index (χ4v) is 2.32. The standard InChI is InChI=1S/C14H25N3O2S/c1-4-7-16-9-12(19)17(10-11(16)18)8-5-6-14(2,3)13(15)20/h4-10H2,1-3H3,(H2,15,20). The number of hydrogen-bond acceptors (Lipinski definition) is 3. The predicted octanol–water partition coefficient (Wildman–Crippen LogP) is 1.16. The first kappa shape index (κ1) is 16.9. The lowest BCUT2D eigenvalue weighted by Gasteiger charge is -2.34. The summed E-state index contributed by atoms with van der Waals surface area (Å²) in [7, 11) is 0. The number of piperazine rings is 1. The zero-order valence-corrected chi connectivity index (χ0v) is 13.5. The van der Waals surface area contributed by atoms with Crippen molar-refractivity contribution in [2.24, 2.45) is 11.1 Å². The molecule has 1 rings (SSSR count). The van der Waals surface area contributed by atoms with E-state index in [4.69, 9.17) is 18.0 Å². The van der Waals surface area contributed by atoms with Crippen LogP contribution in [0.3, 0.4) is 0 Å². The molecule has 1 aliphatic heterocycles. The van der Waals surface area contributed by atoms with Crippen molar-refractivity contribution < 1.29 is 9.59 Å². The summed E-state index contributed by atoms with van der Waals surface area (Å²) in [5, 5.41) is 0. The first-order chi connectivity index (χ1) is 9.27. The second kappa shape index (κ2) is 7.02. The molecule has 0 aromatic carbocycles. The highest BCUT2D eigenvalue weighted by atomic mass is 32.1. The third kappa shape index (κ3) is 4.44. The molecule has 1 saturated heterocycles. The molecule has 0 aromatic rings. The number of amides is 2. The minimum Gasteiger partial charge on any atom is -0.393 e. The van der Waals surface area contributed by atoms with E-state index < -0.39 is 0 Å². The van der Waals surface area contributed by atoms with Gasteiger partial charge in [-0.25, -0.2) is 0 Å². The Labute approximate surface area is 126 Å². The van der Waals surface area contributed by atoms with E-state index in [1.54, 1.807) is 9.80 Å². The van der Waals surface area contributed by atoms with E-state index in [0.717, 1.165) is 19.3 Å². The number of carbonyl (C=O) groups excluding carboxylic acids is 2. The van der Waals surface area contributed by atoms with Gasteiger partial charge in [0.1, 0.15) is 0 Å². The Hall–Kier alpha value is -1.17. The summed E-state index contributed by atoms with van der Waals surface area (Å²) >= 11 is 5.02. The molecule has 1 fully saturated rings. The van der Waals surface area contributed by atoms with Crippen LogP contribution in [-0.4, -0.2) is 52.8 Å². The van der Waals surface area contributed by atoms with Gasteiger partial charge in [0.25, 0.3) is 0 Å². The molecular weight excluding hydrogens is 274 g/mol. The monoisotopic (exact) mass is 299 g/mol. The zero-order chi connectivity index (χ0) is 15.3. The zero-order valence-electron chi connectivity index (χ0n) is 12.6. The van der Waals surface area contributed by atoms with Gasteiger partial charge in [-0.2, -0.15) is 0 Å². The van der Waals surface area contributed by atoms with E-state index in [2.05, 4.69) is 0 Å². The maximum Gasteiger partial charge on any atom is 0.242 e. The molecule has 0 radical (unpaired) electrons. The van der Waals surface area contributed by atoms with Crippen molar-refractivity contribution >= 4 is 29.0 Å². The molecule has 20 heavy (non-hydrogen) atoms. The summed E-state index contributed by atoms with van der Waals surface area (Å²) in [6.07, 6.45) is 2.50. The number of hydrogen-bond donors (Lipinski definition) is 1. The van der Waals surface area contributed by atoms with Crippen molar-refractivity contribution in [1.82, 2.24) is 9.80 Å². The minimum atomic E-state index is -0.202. The van der Waals surface area contributed by atoms with Crippen LogP contribution in [0.15, 0.2) is 0 Å². The summed E-state index contributed by atoms with van der Waals surface area (Å²) in [6, 6.07) is 0. The van der Waals surface area contributed by atoms with Crippen LogP contribution in [0.2, 0.25) is 0 Å². The lowest BCUT2D eigenvalue weighted by Crippen LogP contribution is -2.54. The highest BCUT2D eigenvalue weighted by Crippen LogP contribution is 2.23. The van der Waals surface area contributed by atoms with Crippen molar-refractivity contribution in [2.75, 3.05) is 26.2 Å². The van der Waals surface area contributed by atoms with E-state index in [-0.39, 0.29) is 30.3 Å². The van der Waals surface area contributed by atoms with Crippen LogP contribution in [0.25, 0.3) is 0 Å². The number of thiocarbonyl (C=S) groups is 1. The molecule has 6 heteroatoms. The molecule has 0 bridgehead atoms. The van der Waals surface area contributed by atoms with Crippen LogP contribution in [0.1, 0.15) is 40.0 Å². The Kier molecular flexibility index (Phi) is 5.92. The van der Waals surface area contributed by atoms with Crippen LogP contribution in [0.5, 0.6) is 0 Å². The Morgan fingerprint density at radius 2 is 1.70 bits per heavy atom. The molecule has 0 aliphatic carbocycles. The van der Waals surface area contributed by atoms with Crippen molar-refractivity contribution in [3.05, 3.63) is 0 Å². The Balaban J connectivity index is 2.44. The highest BCUT2D eigenvalue weighted by molar-refractivity contribution is 7.80. The molecule has 0 spiro atoms. The van der Waals surface area contributed by atoms with Gasteiger partial charge in [-0.05, 0) is 19.3 Å². The molecule has 2 N–H and O–H groups in total. The van der Waals surface area contributed by atoms with Gasteiger partial charge in [0.2, 0.25) is 11.8 Å². The van der Waals surface area contributed by atoms with Crippen molar-refractivity contribution in [3.8, 4) is 0 Å². The largest absolute Gasteiger partial charge is 0.393 e. The van der Waals surface area contributed by atoms with Gasteiger partial charge in [0.15, 0.2) is 0 Å². The second-order valence-corrected chi connectivity index (χ2v) is 6.42. The van der Waals surface area contributed by atoms with Crippen LogP contribution in [0.4, 0.5) is 0 Å². The fraction of sp³-hybridized carbons (Fsp3) is 0.786. The van der Waals surface area contributed by atoms with Gasteiger partial charge in [-0.1, -0.05) is 33.0 Å². The molecule has 0 aromatic heterocycles. The van der Waals surface area contributed by atoms with E-state index in [1.807, 2.05) is 20.8 Å². The second-order valence-electron chi connectivity index (χ2n) is 5.98. The third-order valence-electron chi connectivity index (χ3n) is 3.75. The topological polar surface area (TPSA) is 66.6 Å². The Morgan fingerprint density at radius 3 is 2.15 bits per heavy atom. The van der Waals surface area contributed by atoms with Gasteiger partial charge in [0, 0.05) is 18.5 Å². The molecule has 0 saturated carbocycles. The van der Waals surface area contributed by atoms with Crippen molar-refractivity contribution in [3.63, 3.8) is 0 Å². The van der Waals surface area contributed by atoms with Gasteiger partial charge >= 0.3 is 0 Å². The van der Waals surface area contributed by atoms with E-state index >= 15 is 0 Å². The molecular formula is C14H25N3O2S. The number of nitrogens with two attached hydrogens (primary N) is 1. The normalized spacial score (nSPS) is 16.8. The molecule has 1 aliphatic rings. The SMILES string of the molecule is CCCN1CC(=O)N(CCCC(C)(C)C(N)=S)CC1=O. The molecule has 0 unspecified atom stereocenters. The summed E-state index contributed by atoms with van der Waals surface area (Å²) in [4.78, 5) is 27.7. The van der Waals surface area contributed by atoms with E-state index in [1.165, 1.54) is 0 Å². The average molecular weight is 299 g/mol. The number of rotatable bonds is 7. The maximum atomic E-state index is 12.0. The van der Waals surface area contributed by atoms with E-state index in [9.17, 15) is 9.59 Å². The Morgan fingerprint density at radius 1 is 1.20 bits per heavy atom. The van der Waals surface area contributed by atoms with Gasteiger partial charge in [0.05, 0.1) is 18.1 Å². The van der Waals surface area contributed by atoms with Crippen LogP contribution >= 0.6 is 12.2 Å². The smallest absolute Gasteiger partial charge is 0.242 e. The predicted molar refractivity (Wildman–Crippen MR) is 83.3 cm³/mol. The van der Waals surface area contributed by atoms with Crippen LogP contribution in [0, 0.1) is 5.41 Å². The van der Waals surface area contributed by atoms with Crippen LogP contribution in [-0.2, 0) is 9.59 Å². The van der Waals surface area contributed by atoms with E-state index in [0.29, 0.717) is 18.1 Å². The maximum absolute atomic E-state index is 12.0. The number of carbonyl (C=O) groups is 2. The highest BCUT2D eigenvalue weighted by Gasteiger charge is 2.29. The first-order valence-electron chi connectivity index (χ1n) is 7.13. The van der Waals surface area contributed by atoms with Gasteiger partial charge < -0.3 is 15.5 Å². The average Bonchev–Trinajstić information content (AvgIpc) is 2.35. The minimum absolute atomic E-state index is 0.0335. The lowest BCUT2D eigenvalue weighted by molar-refractivity contribution is -0.150. The third-order valence-corrected chi connectivity index (χ3v) is 4.30. The first-order valence-corrected chi connectivity index (χ1v) is 7.54. The number of nitrogens with zero attached hydrogens (tertiary/aromatic N) is 2. The summed E-state index contributed by atoms with van der Waals surface area (Å²) in [6.45, 7) is 7.67. The molecule has 114 valence electrons. The van der Waals surface area contributed by atoms with Gasteiger partial charge in [-0.3, -0.25) is 9.59 Å². The lowest BCUT2D eigenvalue weighted by atomic mass is 9.88. The van der Waals surface area contributed by atoms with Gasteiger partial charge in [-0.15, -0.1) is 0 Å². The molecule has 2 amide bonds. The van der Waals surface area contributed by atoms with Crippen LogP contribution < -0.4 is 5.73 Å².